The van der Waals surface area contributed by atoms with Gasteiger partial charge in [-0.1, -0.05) is 0 Å². The van der Waals surface area contributed by atoms with Crippen molar-refractivity contribution in [3.8, 4) is 0 Å². The molecular formula is C20H28N6O5S2. The molecule has 1 atom stereocenters. The normalized spacial score (nSPS) is 17.7. The molecule has 2 N–H and O–H groups in total. The number of rotatable bonds is 7. The highest BCUT2D eigenvalue weighted by molar-refractivity contribution is 7.92. The Morgan fingerprint density at radius 2 is 1.67 bits per heavy atom. The smallest absolute Gasteiger partial charge is 0.281 e. The average Bonchev–Trinajstić information content (AvgIpc) is 2.73. The number of carbonyl (C=O) groups is 1. The summed E-state index contributed by atoms with van der Waals surface area (Å²) in [6, 6.07) is 7.42. The Kier molecular flexibility index (Phi) is 7.36. The van der Waals surface area contributed by atoms with Crippen molar-refractivity contribution in [2.75, 3.05) is 37.2 Å². The molecule has 0 radical (unpaired) electrons. The van der Waals surface area contributed by atoms with Crippen molar-refractivity contribution in [2.45, 2.75) is 31.6 Å². The Labute approximate surface area is 194 Å². The molecule has 3 rings (SSSR count). The molecule has 1 saturated heterocycles. The van der Waals surface area contributed by atoms with Gasteiger partial charge in [-0.2, -0.15) is 17.0 Å². The fourth-order valence-corrected chi connectivity index (χ4v) is 5.64. The van der Waals surface area contributed by atoms with Crippen LogP contribution >= 0.6 is 0 Å². The largest absolute Gasteiger partial charge is 0.326 e. The lowest BCUT2D eigenvalue weighted by Gasteiger charge is -2.32. The monoisotopic (exact) mass is 496 g/mol. The van der Waals surface area contributed by atoms with E-state index in [1.807, 2.05) is 0 Å². The average molecular weight is 497 g/mol. The minimum absolute atomic E-state index is 0.0100. The third-order valence-corrected chi connectivity index (χ3v) is 8.43. The van der Waals surface area contributed by atoms with E-state index in [4.69, 9.17) is 0 Å². The summed E-state index contributed by atoms with van der Waals surface area (Å²) in [7, 11) is -4.59. The van der Waals surface area contributed by atoms with Crippen LogP contribution < -0.4 is 10.0 Å². The lowest BCUT2D eigenvalue weighted by Crippen LogP contribution is -2.47. The first-order chi connectivity index (χ1) is 15.4. The molecule has 1 amide bonds. The molecule has 33 heavy (non-hydrogen) atoms. The second-order valence-electron chi connectivity index (χ2n) is 8.08. The number of aryl methyl sites for hydroxylation is 2. The van der Waals surface area contributed by atoms with Crippen LogP contribution in [0.25, 0.3) is 0 Å². The van der Waals surface area contributed by atoms with E-state index >= 15 is 0 Å². The van der Waals surface area contributed by atoms with Gasteiger partial charge in [0.2, 0.25) is 11.9 Å². The van der Waals surface area contributed by atoms with E-state index in [9.17, 15) is 21.6 Å². The van der Waals surface area contributed by atoms with Crippen LogP contribution in [0.1, 0.15) is 24.2 Å². The Bertz CT molecular complexity index is 1210. The van der Waals surface area contributed by atoms with E-state index in [1.54, 1.807) is 19.9 Å². The highest BCUT2D eigenvalue weighted by Gasteiger charge is 2.33. The molecule has 1 fully saturated rings. The molecule has 1 aromatic carbocycles. The first kappa shape index (κ1) is 25.0. The van der Waals surface area contributed by atoms with Crippen molar-refractivity contribution in [3.63, 3.8) is 0 Å². The third-order valence-electron chi connectivity index (χ3n) is 5.18. The van der Waals surface area contributed by atoms with Crippen LogP contribution in [0, 0.1) is 19.8 Å². The van der Waals surface area contributed by atoms with Gasteiger partial charge in [-0.25, -0.2) is 23.1 Å². The summed E-state index contributed by atoms with van der Waals surface area (Å²) in [6.07, 6.45) is 1.14. The molecule has 11 nitrogen and oxygen atoms in total. The molecule has 0 spiro atoms. The van der Waals surface area contributed by atoms with Gasteiger partial charge < -0.3 is 5.32 Å². The number of hydrogen-bond donors (Lipinski definition) is 2. The number of nitrogens with zero attached hydrogens (tertiary/aromatic N) is 4. The molecule has 1 aliphatic heterocycles. The predicted molar refractivity (Wildman–Crippen MR) is 124 cm³/mol. The SMILES string of the molecule is Cc1cc(C)nc(NS(=O)(=O)c2ccc(NC(=O)[C@H]3CCCN(S(=O)(=O)N(C)C)C3)cc2)n1. The maximum atomic E-state index is 12.7. The van der Waals surface area contributed by atoms with Gasteiger partial charge in [0, 0.05) is 44.3 Å². The molecule has 0 unspecified atom stereocenters. The quantitative estimate of drug-likeness (QED) is 0.589. The fourth-order valence-electron chi connectivity index (χ4n) is 3.51. The van der Waals surface area contributed by atoms with Gasteiger partial charge >= 0.3 is 0 Å². The van der Waals surface area contributed by atoms with E-state index in [-0.39, 0.29) is 23.3 Å². The van der Waals surface area contributed by atoms with Crippen LogP contribution in [0.3, 0.4) is 0 Å². The number of nitrogens with one attached hydrogen (secondary N) is 2. The molecule has 13 heteroatoms. The zero-order chi connectivity index (χ0) is 24.4. The first-order valence-corrected chi connectivity index (χ1v) is 13.2. The summed E-state index contributed by atoms with van der Waals surface area (Å²) in [5.41, 5.74) is 1.69. The molecule has 180 valence electrons. The van der Waals surface area contributed by atoms with Crippen molar-refractivity contribution < 1.29 is 21.6 Å². The minimum atomic E-state index is -3.91. The number of aromatic nitrogens is 2. The van der Waals surface area contributed by atoms with Gasteiger partial charge in [-0.15, -0.1) is 0 Å². The fraction of sp³-hybridized carbons (Fsp3) is 0.450. The number of anilines is 2. The van der Waals surface area contributed by atoms with Crippen LogP contribution in [-0.4, -0.2) is 68.5 Å². The standard InChI is InChI=1S/C20H28N6O5S2/c1-14-12-15(2)22-20(21-14)24-32(28,29)18-9-7-17(8-10-18)23-19(27)16-6-5-11-26(13-16)33(30,31)25(3)4/h7-10,12,16H,5-6,11,13H2,1-4H3,(H,23,27)(H,21,22,24)/t16-/m0/s1. The zero-order valence-electron chi connectivity index (χ0n) is 18.9. The van der Waals surface area contributed by atoms with Crippen LogP contribution in [-0.2, 0) is 25.0 Å². The highest BCUT2D eigenvalue weighted by atomic mass is 32.2. The minimum Gasteiger partial charge on any atom is -0.326 e. The van der Waals surface area contributed by atoms with E-state index < -0.39 is 26.2 Å². The molecule has 1 aliphatic rings. The lowest BCUT2D eigenvalue weighted by molar-refractivity contribution is -0.120. The topological polar surface area (TPSA) is 142 Å². The van der Waals surface area contributed by atoms with Crippen molar-refractivity contribution in [1.29, 1.82) is 0 Å². The first-order valence-electron chi connectivity index (χ1n) is 10.3. The Morgan fingerprint density at radius 1 is 1.06 bits per heavy atom. The molecule has 2 heterocycles. The second kappa shape index (κ2) is 9.71. The highest BCUT2D eigenvalue weighted by Crippen LogP contribution is 2.23. The number of benzene rings is 1. The van der Waals surface area contributed by atoms with Gasteiger partial charge in [0.05, 0.1) is 10.8 Å². The van der Waals surface area contributed by atoms with Crippen molar-refractivity contribution >= 4 is 37.8 Å². The molecule has 2 aromatic rings. The van der Waals surface area contributed by atoms with E-state index in [0.29, 0.717) is 36.5 Å². The van der Waals surface area contributed by atoms with Gasteiger partial charge in [-0.3, -0.25) is 4.79 Å². The number of carbonyl (C=O) groups excluding carboxylic acids is 1. The number of hydrogen-bond acceptors (Lipinski definition) is 7. The van der Waals surface area contributed by atoms with Gasteiger partial charge in [0.15, 0.2) is 0 Å². The van der Waals surface area contributed by atoms with Crippen LogP contribution in [0.15, 0.2) is 35.2 Å². The summed E-state index contributed by atoms with van der Waals surface area (Å²) < 4.78 is 54.8. The molecule has 0 saturated carbocycles. The van der Waals surface area contributed by atoms with Crippen molar-refractivity contribution in [1.82, 2.24) is 18.6 Å². The Balaban J connectivity index is 1.67. The lowest BCUT2D eigenvalue weighted by atomic mass is 9.99. The Hall–Kier alpha value is -2.61. The second-order valence-corrected chi connectivity index (χ2v) is 11.9. The maximum absolute atomic E-state index is 12.7. The van der Waals surface area contributed by atoms with Crippen molar-refractivity contribution in [3.05, 3.63) is 41.7 Å². The number of sulfonamides is 1. The molecular weight excluding hydrogens is 468 g/mol. The van der Waals surface area contributed by atoms with Gasteiger partial charge in [0.1, 0.15) is 0 Å². The van der Waals surface area contributed by atoms with Crippen LogP contribution in [0.2, 0.25) is 0 Å². The molecule has 1 aromatic heterocycles. The summed E-state index contributed by atoms with van der Waals surface area (Å²) in [6.45, 7) is 3.95. The number of piperidine rings is 1. The van der Waals surface area contributed by atoms with Gasteiger partial charge in [-0.05, 0) is 57.0 Å². The van der Waals surface area contributed by atoms with Crippen LogP contribution in [0.4, 0.5) is 11.6 Å². The summed E-state index contributed by atoms with van der Waals surface area (Å²) in [5.74, 6) is -0.828. The number of amides is 1. The van der Waals surface area contributed by atoms with Crippen LogP contribution in [0.5, 0.6) is 0 Å². The summed E-state index contributed by atoms with van der Waals surface area (Å²) >= 11 is 0. The third kappa shape index (κ3) is 6.05. The van der Waals surface area contributed by atoms with E-state index in [2.05, 4.69) is 20.0 Å². The maximum Gasteiger partial charge on any atom is 0.281 e. The molecule has 0 bridgehead atoms. The zero-order valence-corrected chi connectivity index (χ0v) is 20.6. The molecule has 0 aliphatic carbocycles. The van der Waals surface area contributed by atoms with E-state index in [0.717, 1.165) is 4.31 Å². The predicted octanol–water partition coefficient (Wildman–Crippen LogP) is 1.35. The Morgan fingerprint density at radius 3 is 2.24 bits per heavy atom. The van der Waals surface area contributed by atoms with Gasteiger partial charge in [0.25, 0.3) is 20.2 Å². The van der Waals surface area contributed by atoms with E-state index in [1.165, 1.54) is 42.7 Å². The van der Waals surface area contributed by atoms with Crippen molar-refractivity contribution in [2.24, 2.45) is 5.92 Å². The summed E-state index contributed by atoms with van der Waals surface area (Å²) in [4.78, 5) is 20.9. The summed E-state index contributed by atoms with van der Waals surface area (Å²) in [5, 5.41) is 2.74.